The van der Waals surface area contributed by atoms with Crippen molar-refractivity contribution in [3.8, 4) is 11.4 Å². The summed E-state index contributed by atoms with van der Waals surface area (Å²) in [6, 6.07) is 13.5. The molecule has 0 atom stereocenters. The maximum Gasteiger partial charge on any atom is 0.255 e. The van der Waals surface area contributed by atoms with Gasteiger partial charge in [-0.15, -0.1) is 0 Å². The summed E-state index contributed by atoms with van der Waals surface area (Å²) in [5.41, 5.74) is 10.5. The molecule has 0 fully saturated rings. The summed E-state index contributed by atoms with van der Waals surface area (Å²) >= 11 is 0. The number of nitrogens with two attached hydrogens (primary N) is 1. The number of aryl methyl sites for hydroxylation is 2. The summed E-state index contributed by atoms with van der Waals surface area (Å²) in [7, 11) is 0. The van der Waals surface area contributed by atoms with Crippen molar-refractivity contribution in [1.29, 1.82) is 0 Å². The van der Waals surface area contributed by atoms with Crippen LogP contribution in [-0.4, -0.2) is 21.1 Å². The smallest absolute Gasteiger partial charge is 0.255 e. The molecule has 1 heterocycles. The highest BCUT2D eigenvalue weighted by atomic mass is 16.1. The number of hydrogen-bond donors (Lipinski definition) is 3. The Bertz CT molecular complexity index is 930. The highest BCUT2D eigenvalue weighted by Gasteiger charge is 2.13. The summed E-state index contributed by atoms with van der Waals surface area (Å²) in [4.78, 5) is 16.8. The third kappa shape index (κ3) is 3.36. The van der Waals surface area contributed by atoms with Crippen LogP contribution in [0.4, 0.5) is 5.69 Å². The molecule has 0 aliphatic heterocycles. The van der Waals surface area contributed by atoms with E-state index in [-0.39, 0.29) is 5.91 Å². The van der Waals surface area contributed by atoms with Crippen LogP contribution in [0.2, 0.25) is 0 Å². The minimum atomic E-state index is -0.0885. The van der Waals surface area contributed by atoms with Crippen LogP contribution in [0.1, 0.15) is 40.2 Å². The summed E-state index contributed by atoms with van der Waals surface area (Å²) in [5, 5.41) is 9.88. The second-order valence-electron chi connectivity index (χ2n) is 6.53. The Hall–Kier alpha value is -2.99. The molecule has 1 aromatic heterocycles. The van der Waals surface area contributed by atoms with E-state index in [1.54, 1.807) is 0 Å². The third-order valence-corrected chi connectivity index (χ3v) is 4.74. The number of nitrogens with zero attached hydrogens (tertiary/aromatic N) is 2. The van der Waals surface area contributed by atoms with Gasteiger partial charge >= 0.3 is 0 Å². The number of aromatic amines is 1. The van der Waals surface area contributed by atoms with Gasteiger partial charge in [0.15, 0.2) is 5.82 Å². The van der Waals surface area contributed by atoms with E-state index in [0.717, 1.165) is 24.1 Å². The van der Waals surface area contributed by atoms with Gasteiger partial charge in [0.2, 0.25) is 0 Å². The first-order valence-corrected chi connectivity index (χ1v) is 8.88. The van der Waals surface area contributed by atoms with Crippen molar-refractivity contribution in [2.45, 2.75) is 32.2 Å². The first-order valence-electron chi connectivity index (χ1n) is 8.88. The average molecular weight is 347 g/mol. The Morgan fingerprint density at radius 2 is 1.85 bits per heavy atom. The van der Waals surface area contributed by atoms with Crippen LogP contribution < -0.4 is 11.1 Å². The molecule has 0 saturated carbocycles. The van der Waals surface area contributed by atoms with Crippen molar-refractivity contribution >= 4 is 11.6 Å². The molecule has 2 aromatic carbocycles. The van der Waals surface area contributed by atoms with Crippen molar-refractivity contribution in [3.05, 3.63) is 65.0 Å². The highest BCUT2D eigenvalue weighted by Crippen LogP contribution is 2.23. The predicted molar refractivity (Wildman–Crippen MR) is 101 cm³/mol. The summed E-state index contributed by atoms with van der Waals surface area (Å²) < 4.78 is 0. The van der Waals surface area contributed by atoms with Crippen molar-refractivity contribution in [2.75, 3.05) is 5.32 Å². The van der Waals surface area contributed by atoms with Gasteiger partial charge in [0.1, 0.15) is 5.82 Å². The number of rotatable bonds is 4. The van der Waals surface area contributed by atoms with E-state index in [0.29, 0.717) is 23.8 Å². The molecule has 4 N–H and O–H groups in total. The lowest BCUT2D eigenvalue weighted by molar-refractivity contribution is 0.102. The van der Waals surface area contributed by atoms with E-state index in [9.17, 15) is 4.79 Å². The molecule has 1 aliphatic carbocycles. The Labute approximate surface area is 151 Å². The lowest BCUT2D eigenvalue weighted by Gasteiger charge is -2.16. The Morgan fingerprint density at radius 3 is 2.58 bits per heavy atom. The molecule has 0 saturated heterocycles. The second-order valence-corrected chi connectivity index (χ2v) is 6.53. The van der Waals surface area contributed by atoms with E-state index < -0.39 is 0 Å². The van der Waals surface area contributed by atoms with Gasteiger partial charge in [-0.1, -0.05) is 6.07 Å². The van der Waals surface area contributed by atoms with Crippen LogP contribution >= 0.6 is 0 Å². The summed E-state index contributed by atoms with van der Waals surface area (Å²) in [6.07, 6.45) is 4.62. The maximum absolute atomic E-state index is 12.5. The number of hydrogen-bond acceptors (Lipinski definition) is 4. The molecule has 1 amide bonds. The van der Waals surface area contributed by atoms with Crippen molar-refractivity contribution in [1.82, 2.24) is 15.2 Å². The molecule has 6 heteroatoms. The molecule has 0 spiro atoms. The monoisotopic (exact) mass is 347 g/mol. The standard InChI is InChI=1S/C20H21N5O/c21-12-18-23-19(25-24-18)14-7-9-17(10-8-14)22-20(26)16-6-5-13-3-1-2-4-15(13)11-16/h5-11H,1-4,12,21H2,(H,22,26)(H,23,24,25). The van der Waals surface area contributed by atoms with Gasteiger partial charge in [-0.3, -0.25) is 9.89 Å². The van der Waals surface area contributed by atoms with Gasteiger partial charge in [0.05, 0.1) is 6.54 Å². The fourth-order valence-electron chi connectivity index (χ4n) is 3.30. The van der Waals surface area contributed by atoms with E-state index in [1.165, 1.54) is 24.0 Å². The van der Waals surface area contributed by atoms with Crippen molar-refractivity contribution in [2.24, 2.45) is 5.73 Å². The van der Waals surface area contributed by atoms with Crippen LogP contribution in [0.15, 0.2) is 42.5 Å². The number of carbonyl (C=O) groups excluding carboxylic acids is 1. The molecular formula is C20H21N5O. The summed E-state index contributed by atoms with van der Waals surface area (Å²) in [5.74, 6) is 1.15. The largest absolute Gasteiger partial charge is 0.324 e. The fourth-order valence-corrected chi connectivity index (χ4v) is 3.30. The van der Waals surface area contributed by atoms with Gasteiger partial charge in [-0.2, -0.15) is 5.10 Å². The third-order valence-electron chi connectivity index (χ3n) is 4.74. The van der Waals surface area contributed by atoms with Crippen LogP contribution in [0.3, 0.4) is 0 Å². The van der Waals surface area contributed by atoms with Crippen LogP contribution in [-0.2, 0) is 19.4 Å². The van der Waals surface area contributed by atoms with Gasteiger partial charge in [-0.25, -0.2) is 4.98 Å². The number of fused-ring (bicyclic) bond motifs is 1. The van der Waals surface area contributed by atoms with Crippen molar-refractivity contribution < 1.29 is 4.79 Å². The first-order chi connectivity index (χ1) is 12.7. The highest BCUT2D eigenvalue weighted by molar-refractivity contribution is 6.04. The van der Waals surface area contributed by atoms with E-state index in [1.807, 2.05) is 36.4 Å². The lowest BCUT2D eigenvalue weighted by atomic mass is 9.90. The predicted octanol–water partition coefficient (Wildman–Crippen LogP) is 3.06. The van der Waals surface area contributed by atoms with Gasteiger partial charge in [0, 0.05) is 16.8 Å². The molecule has 0 radical (unpaired) electrons. The number of benzene rings is 2. The zero-order valence-electron chi connectivity index (χ0n) is 14.5. The minimum Gasteiger partial charge on any atom is -0.324 e. The lowest BCUT2D eigenvalue weighted by Crippen LogP contribution is -2.13. The number of nitrogens with one attached hydrogen (secondary N) is 2. The number of amides is 1. The zero-order valence-corrected chi connectivity index (χ0v) is 14.5. The number of anilines is 1. The van der Waals surface area contributed by atoms with Crippen LogP contribution in [0.5, 0.6) is 0 Å². The molecule has 3 aromatic rings. The Kier molecular flexibility index (Phi) is 4.50. The molecule has 132 valence electrons. The van der Waals surface area contributed by atoms with E-state index in [4.69, 9.17) is 5.73 Å². The first kappa shape index (κ1) is 16.5. The van der Waals surface area contributed by atoms with Gasteiger partial charge < -0.3 is 11.1 Å². The molecule has 1 aliphatic rings. The van der Waals surface area contributed by atoms with Crippen LogP contribution in [0.25, 0.3) is 11.4 Å². The second kappa shape index (κ2) is 7.09. The summed E-state index contributed by atoms with van der Waals surface area (Å²) in [6.45, 7) is 0.321. The van der Waals surface area contributed by atoms with Gasteiger partial charge in [-0.05, 0) is 73.2 Å². The van der Waals surface area contributed by atoms with Gasteiger partial charge in [0.25, 0.3) is 5.91 Å². The van der Waals surface area contributed by atoms with E-state index >= 15 is 0 Å². The minimum absolute atomic E-state index is 0.0885. The molecule has 0 bridgehead atoms. The SMILES string of the molecule is NCc1nc(-c2ccc(NC(=O)c3ccc4c(c3)CCCC4)cc2)n[nH]1. The van der Waals surface area contributed by atoms with E-state index in [2.05, 4.69) is 26.6 Å². The molecule has 4 rings (SSSR count). The molecule has 26 heavy (non-hydrogen) atoms. The number of aromatic nitrogens is 3. The number of carbonyl (C=O) groups is 1. The van der Waals surface area contributed by atoms with Crippen molar-refractivity contribution in [3.63, 3.8) is 0 Å². The Morgan fingerprint density at radius 1 is 1.08 bits per heavy atom. The average Bonchev–Trinajstić information content (AvgIpc) is 3.17. The molecular weight excluding hydrogens is 326 g/mol. The normalized spacial score (nSPS) is 13.3. The maximum atomic E-state index is 12.5. The molecule has 6 nitrogen and oxygen atoms in total. The Balaban J connectivity index is 1.47. The van der Waals surface area contributed by atoms with Crippen LogP contribution in [0, 0.1) is 0 Å². The number of H-pyrrole nitrogens is 1. The molecule has 0 unspecified atom stereocenters. The quantitative estimate of drug-likeness (QED) is 0.676. The fraction of sp³-hybridized carbons (Fsp3) is 0.250. The zero-order chi connectivity index (χ0) is 17.9. The topological polar surface area (TPSA) is 96.7 Å².